The van der Waals surface area contributed by atoms with Crippen molar-refractivity contribution in [3.05, 3.63) is 35.6 Å². The maximum Gasteiger partial charge on any atom is 0.254 e. The molecule has 1 aromatic rings. The zero-order valence-electron chi connectivity index (χ0n) is 12.9. The molecule has 1 saturated heterocycles. The van der Waals surface area contributed by atoms with Crippen LogP contribution in [-0.2, 0) is 0 Å². The van der Waals surface area contributed by atoms with E-state index in [-0.39, 0.29) is 11.7 Å². The van der Waals surface area contributed by atoms with Gasteiger partial charge in [-0.1, -0.05) is 6.07 Å². The fourth-order valence-corrected chi connectivity index (χ4v) is 2.59. The lowest BCUT2D eigenvalue weighted by Gasteiger charge is -2.35. The van der Waals surface area contributed by atoms with Gasteiger partial charge in [0.25, 0.3) is 5.91 Å². The maximum absolute atomic E-state index is 13.2. The fraction of sp³-hybridized carbons (Fsp3) is 0.562. The van der Waals surface area contributed by atoms with E-state index >= 15 is 0 Å². The first-order valence-electron chi connectivity index (χ1n) is 7.48. The Morgan fingerprint density at radius 1 is 1.24 bits per heavy atom. The van der Waals surface area contributed by atoms with Crippen LogP contribution < -0.4 is 0 Å². The van der Waals surface area contributed by atoms with Crippen molar-refractivity contribution in [1.82, 2.24) is 14.7 Å². The molecule has 0 aromatic heterocycles. The van der Waals surface area contributed by atoms with Crippen LogP contribution in [0.3, 0.4) is 0 Å². The van der Waals surface area contributed by atoms with Gasteiger partial charge in [0.05, 0.1) is 0 Å². The Labute approximate surface area is 126 Å². The number of carbonyl (C=O) groups is 1. The summed E-state index contributed by atoms with van der Waals surface area (Å²) in [6, 6.07) is 5.93. The molecule has 1 aliphatic heterocycles. The molecule has 0 spiro atoms. The third-order valence-electron chi connectivity index (χ3n) is 3.81. The molecule has 4 nitrogen and oxygen atoms in total. The molecular weight excluding hydrogens is 269 g/mol. The smallest absolute Gasteiger partial charge is 0.254 e. The summed E-state index contributed by atoms with van der Waals surface area (Å²) in [5, 5.41) is 0. The summed E-state index contributed by atoms with van der Waals surface area (Å²) in [6.07, 6.45) is 1.14. The summed E-state index contributed by atoms with van der Waals surface area (Å²) in [5.74, 6) is -0.425. The molecule has 0 radical (unpaired) electrons. The third-order valence-corrected chi connectivity index (χ3v) is 3.81. The first kappa shape index (κ1) is 15.9. The van der Waals surface area contributed by atoms with Gasteiger partial charge in [0.2, 0.25) is 0 Å². The average molecular weight is 293 g/mol. The van der Waals surface area contributed by atoms with Crippen molar-refractivity contribution in [3.63, 3.8) is 0 Å². The van der Waals surface area contributed by atoms with E-state index in [0.717, 1.165) is 45.7 Å². The Bertz CT molecular complexity index is 470. The van der Waals surface area contributed by atoms with Crippen LogP contribution in [0, 0.1) is 5.82 Å². The van der Waals surface area contributed by atoms with Crippen molar-refractivity contribution in [2.45, 2.75) is 6.42 Å². The lowest BCUT2D eigenvalue weighted by Crippen LogP contribution is -2.49. The minimum atomic E-state index is -0.358. The second-order valence-electron chi connectivity index (χ2n) is 5.80. The van der Waals surface area contributed by atoms with Crippen LogP contribution in [0.25, 0.3) is 0 Å². The number of hydrogen-bond acceptors (Lipinski definition) is 3. The second-order valence-corrected chi connectivity index (χ2v) is 5.80. The molecule has 0 N–H and O–H groups in total. The normalized spacial score (nSPS) is 16.5. The largest absolute Gasteiger partial charge is 0.336 e. The van der Waals surface area contributed by atoms with Crippen molar-refractivity contribution in [2.75, 3.05) is 53.4 Å². The predicted octanol–water partition coefficient (Wildman–Crippen LogP) is 1.54. The SMILES string of the molecule is CN(C)CCCN1CCN(C(=O)c2cccc(F)c2)CC1. The number of hydrogen-bond donors (Lipinski definition) is 0. The molecule has 1 aliphatic rings. The van der Waals surface area contributed by atoms with Gasteiger partial charge >= 0.3 is 0 Å². The van der Waals surface area contributed by atoms with E-state index in [1.54, 1.807) is 12.1 Å². The van der Waals surface area contributed by atoms with Gasteiger partial charge < -0.3 is 9.80 Å². The number of rotatable bonds is 5. The van der Waals surface area contributed by atoms with E-state index in [9.17, 15) is 9.18 Å². The van der Waals surface area contributed by atoms with Gasteiger partial charge in [0, 0.05) is 31.7 Å². The molecular formula is C16H24FN3O. The minimum Gasteiger partial charge on any atom is -0.336 e. The van der Waals surface area contributed by atoms with Gasteiger partial charge in [-0.15, -0.1) is 0 Å². The molecule has 0 aliphatic carbocycles. The fourth-order valence-electron chi connectivity index (χ4n) is 2.59. The molecule has 1 heterocycles. The van der Waals surface area contributed by atoms with Crippen molar-refractivity contribution in [2.24, 2.45) is 0 Å². The van der Waals surface area contributed by atoms with Gasteiger partial charge in [-0.05, 0) is 51.8 Å². The van der Waals surface area contributed by atoms with Crippen molar-refractivity contribution in [1.29, 1.82) is 0 Å². The van der Waals surface area contributed by atoms with E-state index < -0.39 is 0 Å². The Balaban J connectivity index is 1.79. The molecule has 0 unspecified atom stereocenters. The van der Waals surface area contributed by atoms with Crippen LogP contribution in [-0.4, -0.2) is 74.0 Å². The van der Waals surface area contributed by atoms with Crippen LogP contribution in [0.2, 0.25) is 0 Å². The number of nitrogens with zero attached hydrogens (tertiary/aromatic N) is 3. The quantitative estimate of drug-likeness (QED) is 0.824. The average Bonchev–Trinajstić information content (AvgIpc) is 2.47. The zero-order chi connectivity index (χ0) is 15.2. The summed E-state index contributed by atoms with van der Waals surface area (Å²) in [4.78, 5) is 18.7. The lowest BCUT2D eigenvalue weighted by molar-refractivity contribution is 0.0633. The lowest BCUT2D eigenvalue weighted by atomic mass is 10.1. The van der Waals surface area contributed by atoms with Gasteiger partial charge in [-0.2, -0.15) is 0 Å². The van der Waals surface area contributed by atoms with E-state index in [4.69, 9.17) is 0 Å². The van der Waals surface area contributed by atoms with Crippen molar-refractivity contribution in [3.8, 4) is 0 Å². The molecule has 21 heavy (non-hydrogen) atoms. The van der Waals surface area contributed by atoms with Crippen LogP contribution in [0.15, 0.2) is 24.3 Å². The number of piperazine rings is 1. The Kier molecular flexibility index (Phi) is 5.70. The highest BCUT2D eigenvalue weighted by molar-refractivity contribution is 5.94. The van der Waals surface area contributed by atoms with Crippen molar-refractivity contribution >= 4 is 5.91 Å². The van der Waals surface area contributed by atoms with E-state index in [1.807, 2.05) is 4.90 Å². The Morgan fingerprint density at radius 3 is 2.57 bits per heavy atom. The van der Waals surface area contributed by atoms with Gasteiger partial charge in [0.15, 0.2) is 0 Å². The van der Waals surface area contributed by atoms with Crippen LogP contribution in [0.1, 0.15) is 16.8 Å². The first-order valence-corrected chi connectivity index (χ1v) is 7.48. The predicted molar refractivity (Wildman–Crippen MR) is 81.9 cm³/mol. The van der Waals surface area contributed by atoms with E-state index in [0.29, 0.717) is 5.56 Å². The summed E-state index contributed by atoms with van der Waals surface area (Å²) >= 11 is 0. The zero-order valence-corrected chi connectivity index (χ0v) is 12.9. The van der Waals surface area contributed by atoms with Gasteiger partial charge in [-0.3, -0.25) is 9.69 Å². The standard InChI is InChI=1S/C16H24FN3O/c1-18(2)7-4-8-19-9-11-20(12-10-19)16(21)14-5-3-6-15(17)13-14/h3,5-6,13H,4,7-12H2,1-2H3. The van der Waals surface area contributed by atoms with Gasteiger partial charge in [0.1, 0.15) is 5.82 Å². The van der Waals surface area contributed by atoms with Crippen LogP contribution in [0.5, 0.6) is 0 Å². The minimum absolute atomic E-state index is 0.0672. The van der Waals surface area contributed by atoms with E-state index in [1.165, 1.54) is 12.1 Å². The molecule has 1 aromatic carbocycles. The Morgan fingerprint density at radius 2 is 1.95 bits per heavy atom. The molecule has 116 valence electrons. The number of carbonyl (C=O) groups excluding carboxylic acids is 1. The summed E-state index contributed by atoms with van der Waals surface area (Å²) in [7, 11) is 4.16. The number of benzene rings is 1. The maximum atomic E-state index is 13.2. The summed E-state index contributed by atoms with van der Waals surface area (Å²) in [6.45, 7) is 5.39. The highest BCUT2D eigenvalue weighted by Crippen LogP contribution is 2.10. The molecule has 5 heteroatoms. The molecule has 2 rings (SSSR count). The number of halogens is 1. The molecule has 0 saturated carbocycles. The van der Waals surface area contributed by atoms with Crippen LogP contribution in [0.4, 0.5) is 4.39 Å². The molecule has 1 fully saturated rings. The summed E-state index contributed by atoms with van der Waals surface area (Å²) < 4.78 is 13.2. The van der Waals surface area contributed by atoms with Crippen LogP contribution >= 0.6 is 0 Å². The molecule has 0 bridgehead atoms. The first-order chi connectivity index (χ1) is 10.1. The highest BCUT2D eigenvalue weighted by atomic mass is 19.1. The monoisotopic (exact) mass is 293 g/mol. The van der Waals surface area contributed by atoms with Crippen molar-refractivity contribution < 1.29 is 9.18 Å². The topological polar surface area (TPSA) is 26.8 Å². The highest BCUT2D eigenvalue weighted by Gasteiger charge is 2.21. The second kappa shape index (κ2) is 7.52. The van der Waals surface area contributed by atoms with Gasteiger partial charge in [-0.25, -0.2) is 4.39 Å². The molecule has 0 atom stereocenters. The third kappa shape index (κ3) is 4.79. The Hall–Kier alpha value is -1.46. The summed E-state index contributed by atoms with van der Waals surface area (Å²) in [5.41, 5.74) is 0.441. The van der Waals surface area contributed by atoms with E-state index in [2.05, 4.69) is 23.9 Å². The molecule has 1 amide bonds. The number of amides is 1.